The summed E-state index contributed by atoms with van der Waals surface area (Å²) in [6, 6.07) is 7.63. The molecular formula is C18H23BN4O4. The molecule has 2 fully saturated rings. The van der Waals surface area contributed by atoms with Crippen LogP contribution in [0.15, 0.2) is 36.7 Å². The first-order valence-electron chi connectivity index (χ1n) is 9.03. The summed E-state index contributed by atoms with van der Waals surface area (Å²) in [6.45, 7) is 9.05. The van der Waals surface area contributed by atoms with Crippen LogP contribution in [-0.2, 0) is 20.6 Å². The van der Waals surface area contributed by atoms with Gasteiger partial charge in [-0.3, -0.25) is 4.90 Å². The first-order valence-corrected chi connectivity index (χ1v) is 9.03. The molecule has 0 saturated carbocycles. The quantitative estimate of drug-likeness (QED) is 0.761. The van der Waals surface area contributed by atoms with E-state index in [-0.39, 0.29) is 23.4 Å². The molecule has 0 radical (unpaired) electrons. The molecule has 2 saturated heterocycles. The van der Waals surface area contributed by atoms with Crippen molar-refractivity contribution in [1.82, 2.24) is 15.0 Å². The maximum Gasteiger partial charge on any atom is 0.494 e. The number of carbonyl (C=O) groups is 1. The Hall–Kier alpha value is -2.39. The number of carbonyl (C=O) groups excluding carboxylic acids is 1. The molecule has 1 aromatic carbocycles. The number of cyclic esters (lactones) is 1. The van der Waals surface area contributed by atoms with Gasteiger partial charge in [0.15, 0.2) is 0 Å². The fourth-order valence-electron chi connectivity index (χ4n) is 3.16. The summed E-state index contributed by atoms with van der Waals surface area (Å²) >= 11 is 0. The first kappa shape index (κ1) is 18.0. The predicted octanol–water partition coefficient (Wildman–Crippen LogP) is 1.60. The average molecular weight is 370 g/mol. The number of rotatable bonds is 4. The third-order valence-corrected chi connectivity index (χ3v) is 5.47. The van der Waals surface area contributed by atoms with Crippen LogP contribution in [0.25, 0.3) is 0 Å². The van der Waals surface area contributed by atoms with Gasteiger partial charge in [0.05, 0.1) is 30.5 Å². The molecule has 0 unspecified atom stereocenters. The van der Waals surface area contributed by atoms with Crippen molar-refractivity contribution >= 4 is 24.4 Å². The Morgan fingerprint density at radius 2 is 1.81 bits per heavy atom. The predicted molar refractivity (Wildman–Crippen MR) is 99.8 cm³/mol. The van der Waals surface area contributed by atoms with Gasteiger partial charge < -0.3 is 14.0 Å². The van der Waals surface area contributed by atoms with Gasteiger partial charge in [0.25, 0.3) is 0 Å². The van der Waals surface area contributed by atoms with Crippen LogP contribution in [0, 0.1) is 0 Å². The summed E-state index contributed by atoms with van der Waals surface area (Å²) in [5.41, 5.74) is 0.929. The van der Waals surface area contributed by atoms with Gasteiger partial charge in [0.1, 0.15) is 6.10 Å². The standard InChI is InChI=1S/C18H23BN4O4/c1-17(2)18(3,4)27-19(26-17)13-5-7-14(8-6-13)23-12-15(25-16(23)24)11-22-10-9-20-21-22/h5-10,15H,11-12H2,1-4H3/t15-/m0/s1. The van der Waals surface area contributed by atoms with E-state index in [1.54, 1.807) is 22.0 Å². The van der Waals surface area contributed by atoms with Crippen molar-refractivity contribution in [3.05, 3.63) is 36.7 Å². The summed E-state index contributed by atoms with van der Waals surface area (Å²) in [6.07, 6.45) is 2.73. The molecule has 3 heterocycles. The second-order valence-corrected chi connectivity index (χ2v) is 7.92. The lowest BCUT2D eigenvalue weighted by atomic mass is 9.79. The number of hydrogen-bond acceptors (Lipinski definition) is 6. The van der Waals surface area contributed by atoms with Crippen LogP contribution in [-0.4, -0.2) is 52.1 Å². The molecular weight excluding hydrogens is 347 g/mol. The lowest BCUT2D eigenvalue weighted by molar-refractivity contribution is 0.00578. The van der Waals surface area contributed by atoms with Gasteiger partial charge >= 0.3 is 13.2 Å². The lowest BCUT2D eigenvalue weighted by Crippen LogP contribution is -2.41. The molecule has 0 bridgehead atoms. The Labute approximate surface area is 158 Å². The number of nitrogens with zero attached hydrogens (tertiary/aromatic N) is 4. The topological polar surface area (TPSA) is 78.7 Å². The molecule has 0 aliphatic carbocycles. The first-order chi connectivity index (χ1) is 12.7. The molecule has 2 aliphatic heterocycles. The van der Waals surface area contributed by atoms with Crippen molar-refractivity contribution < 1.29 is 18.8 Å². The van der Waals surface area contributed by atoms with E-state index >= 15 is 0 Å². The third kappa shape index (κ3) is 3.32. The highest BCUT2D eigenvalue weighted by Crippen LogP contribution is 2.36. The smallest absolute Gasteiger partial charge is 0.442 e. The van der Waals surface area contributed by atoms with Gasteiger partial charge in [-0.2, -0.15) is 0 Å². The zero-order chi connectivity index (χ0) is 19.2. The number of benzene rings is 1. The molecule has 1 amide bonds. The van der Waals surface area contributed by atoms with Crippen molar-refractivity contribution in [3.63, 3.8) is 0 Å². The zero-order valence-corrected chi connectivity index (χ0v) is 16.0. The van der Waals surface area contributed by atoms with Gasteiger partial charge in [-0.05, 0) is 45.3 Å². The van der Waals surface area contributed by atoms with E-state index in [1.165, 1.54) is 0 Å². The number of amides is 1. The largest absolute Gasteiger partial charge is 0.494 e. The van der Waals surface area contributed by atoms with Gasteiger partial charge in [0, 0.05) is 11.9 Å². The van der Waals surface area contributed by atoms with E-state index in [0.717, 1.165) is 11.2 Å². The van der Waals surface area contributed by atoms with Gasteiger partial charge in [-0.25, -0.2) is 9.48 Å². The molecule has 4 rings (SSSR count). The molecule has 27 heavy (non-hydrogen) atoms. The van der Waals surface area contributed by atoms with Gasteiger partial charge in [-0.1, -0.05) is 17.3 Å². The van der Waals surface area contributed by atoms with Crippen LogP contribution in [0.5, 0.6) is 0 Å². The third-order valence-electron chi connectivity index (χ3n) is 5.47. The minimum atomic E-state index is -0.422. The summed E-state index contributed by atoms with van der Waals surface area (Å²) in [5.74, 6) is 0. The lowest BCUT2D eigenvalue weighted by Gasteiger charge is -2.32. The SMILES string of the molecule is CC1(C)OB(c2ccc(N3C[C@H](Cn4ccnn4)OC3=O)cc2)OC1(C)C. The van der Waals surface area contributed by atoms with Crippen LogP contribution in [0.1, 0.15) is 27.7 Å². The van der Waals surface area contributed by atoms with E-state index in [4.69, 9.17) is 14.0 Å². The monoisotopic (exact) mass is 370 g/mol. The van der Waals surface area contributed by atoms with E-state index in [9.17, 15) is 4.79 Å². The van der Waals surface area contributed by atoms with E-state index < -0.39 is 7.12 Å². The van der Waals surface area contributed by atoms with Crippen LogP contribution in [0.4, 0.5) is 10.5 Å². The van der Waals surface area contributed by atoms with Crippen molar-refractivity contribution in [1.29, 1.82) is 0 Å². The Kier molecular flexibility index (Phi) is 4.23. The normalized spacial score (nSPS) is 23.7. The number of aromatic nitrogens is 3. The van der Waals surface area contributed by atoms with Crippen molar-refractivity contribution in [3.8, 4) is 0 Å². The summed E-state index contributed by atoms with van der Waals surface area (Å²) in [5, 5.41) is 7.67. The minimum Gasteiger partial charge on any atom is -0.442 e. The van der Waals surface area contributed by atoms with E-state index in [1.807, 2.05) is 52.0 Å². The molecule has 0 spiro atoms. The number of ether oxygens (including phenoxy) is 1. The second-order valence-electron chi connectivity index (χ2n) is 7.92. The maximum atomic E-state index is 12.2. The highest BCUT2D eigenvalue weighted by atomic mass is 16.7. The molecule has 2 aliphatic rings. The molecule has 1 aromatic heterocycles. The highest BCUT2D eigenvalue weighted by Gasteiger charge is 2.51. The Morgan fingerprint density at radius 3 is 2.41 bits per heavy atom. The maximum absolute atomic E-state index is 12.2. The molecule has 0 N–H and O–H groups in total. The Balaban J connectivity index is 1.44. The summed E-state index contributed by atoms with van der Waals surface area (Å²) in [7, 11) is -0.422. The number of anilines is 1. The van der Waals surface area contributed by atoms with E-state index in [0.29, 0.717) is 13.1 Å². The zero-order valence-electron chi connectivity index (χ0n) is 16.0. The van der Waals surface area contributed by atoms with Crippen molar-refractivity contribution in [2.24, 2.45) is 0 Å². The average Bonchev–Trinajstić information content (AvgIpc) is 3.28. The van der Waals surface area contributed by atoms with Crippen LogP contribution in [0.2, 0.25) is 0 Å². The molecule has 9 heteroatoms. The fraction of sp³-hybridized carbons (Fsp3) is 0.500. The Bertz CT molecular complexity index is 806. The van der Waals surface area contributed by atoms with Gasteiger partial charge in [0.2, 0.25) is 0 Å². The van der Waals surface area contributed by atoms with Crippen LogP contribution >= 0.6 is 0 Å². The Morgan fingerprint density at radius 1 is 1.15 bits per heavy atom. The van der Waals surface area contributed by atoms with Gasteiger partial charge in [-0.15, -0.1) is 5.10 Å². The van der Waals surface area contributed by atoms with Crippen LogP contribution in [0.3, 0.4) is 0 Å². The second kappa shape index (κ2) is 6.35. The molecule has 2 aromatic rings. The van der Waals surface area contributed by atoms with E-state index in [2.05, 4.69) is 10.3 Å². The summed E-state index contributed by atoms with van der Waals surface area (Å²) in [4.78, 5) is 13.9. The highest BCUT2D eigenvalue weighted by molar-refractivity contribution is 6.62. The minimum absolute atomic E-state index is 0.262. The fourth-order valence-corrected chi connectivity index (χ4v) is 3.16. The summed E-state index contributed by atoms with van der Waals surface area (Å²) < 4.78 is 19.2. The van der Waals surface area contributed by atoms with Crippen LogP contribution < -0.4 is 10.4 Å². The molecule has 8 nitrogen and oxygen atoms in total. The number of hydrogen-bond donors (Lipinski definition) is 0. The molecule has 1 atom stereocenters. The van der Waals surface area contributed by atoms with Crippen molar-refractivity contribution in [2.45, 2.75) is 51.5 Å². The molecule has 142 valence electrons. The van der Waals surface area contributed by atoms with Crippen molar-refractivity contribution in [2.75, 3.05) is 11.4 Å².